The minimum Gasteiger partial charge on any atom is -0.326 e. The molecule has 18 heavy (non-hydrogen) atoms. The molecule has 0 atom stereocenters. The number of nitrogens with one attached hydrogen (secondary N) is 1. The maximum Gasteiger partial charge on any atom is 0.207 e. The summed E-state index contributed by atoms with van der Waals surface area (Å²) in [7, 11) is 0. The molecule has 0 bridgehead atoms. The molecule has 2 aromatic rings. The molecule has 1 aromatic heterocycles. The Bertz CT molecular complexity index is 531. The lowest BCUT2D eigenvalue weighted by Crippen LogP contribution is -2.03. The van der Waals surface area contributed by atoms with E-state index in [4.69, 9.17) is 23.2 Å². The van der Waals surface area contributed by atoms with Crippen LogP contribution in [-0.4, -0.2) is 9.55 Å². The first kappa shape index (κ1) is 13.2. The molecular formula is C12H12Cl2FN3. The van der Waals surface area contributed by atoms with Gasteiger partial charge in [0.25, 0.3) is 0 Å². The smallest absolute Gasteiger partial charge is 0.207 e. The van der Waals surface area contributed by atoms with Crippen LogP contribution in [-0.2, 0) is 6.54 Å². The van der Waals surface area contributed by atoms with Crippen molar-refractivity contribution >= 4 is 34.8 Å². The number of aromatic nitrogens is 2. The second-order valence-corrected chi connectivity index (χ2v) is 4.64. The molecule has 96 valence electrons. The fraction of sp³-hybridized carbons (Fsp3) is 0.250. The largest absolute Gasteiger partial charge is 0.326 e. The second-order valence-electron chi connectivity index (χ2n) is 3.82. The maximum atomic E-state index is 13.3. The fourth-order valence-corrected chi connectivity index (χ4v) is 2.10. The number of halogens is 3. The quantitative estimate of drug-likeness (QED) is 0.840. The van der Waals surface area contributed by atoms with Gasteiger partial charge in [-0.3, -0.25) is 0 Å². The SMILES string of the molecule is CCCn1ccnc1Nc1cc(Cl)c(F)c(Cl)c1. The lowest BCUT2D eigenvalue weighted by molar-refractivity contribution is 0.629. The molecule has 0 aliphatic carbocycles. The average Bonchev–Trinajstić information content (AvgIpc) is 2.74. The summed E-state index contributed by atoms with van der Waals surface area (Å²) in [6.07, 6.45) is 4.57. The number of nitrogens with zero attached hydrogens (tertiary/aromatic N) is 2. The predicted octanol–water partition coefficient (Wildman–Crippen LogP) is 4.48. The topological polar surface area (TPSA) is 29.9 Å². The van der Waals surface area contributed by atoms with Crippen molar-refractivity contribution in [3.63, 3.8) is 0 Å². The van der Waals surface area contributed by atoms with Crippen molar-refractivity contribution in [2.45, 2.75) is 19.9 Å². The van der Waals surface area contributed by atoms with Gasteiger partial charge in [-0.05, 0) is 18.6 Å². The van der Waals surface area contributed by atoms with E-state index in [1.54, 1.807) is 6.20 Å². The van der Waals surface area contributed by atoms with Gasteiger partial charge in [-0.1, -0.05) is 30.1 Å². The predicted molar refractivity (Wildman–Crippen MR) is 72.2 cm³/mol. The van der Waals surface area contributed by atoms with Crippen LogP contribution in [0.4, 0.5) is 16.0 Å². The van der Waals surface area contributed by atoms with Crippen LogP contribution in [0.2, 0.25) is 10.0 Å². The van der Waals surface area contributed by atoms with Crippen molar-refractivity contribution in [3.8, 4) is 0 Å². The van der Waals surface area contributed by atoms with Gasteiger partial charge in [0.2, 0.25) is 5.95 Å². The van der Waals surface area contributed by atoms with Gasteiger partial charge in [-0.15, -0.1) is 0 Å². The number of imidazole rings is 1. The van der Waals surface area contributed by atoms with Crippen LogP contribution in [0.15, 0.2) is 24.5 Å². The van der Waals surface area contributed by atoms with Crippen LogP contribution in [0.1, 0.15) is 13.3 Å². The summed E-state index contributed by atoms with van der Waals surface area (Å²) in [6.45, 7) is 2.93. The summed E-state index contributed by atoms with van der Waals surface area (Å²) >= 11 is 11.5. The van der Waals surface area contributed by atoms with Crippen LogP contribution in [0.3, 0.4) is 0 Å². The summed E-state index contributed by atoms with van der Waals surface area (Å²) in [5.41, 5.74) is 0.606. The molecule has 1 heterocycles. The number of aryl methyl sites for hydroxylation is 1. The van der Waals surface area contributed by atoms with Gasteiger partial charge in [0.1, 0.15) is 0 Å². The van der Waals surface area contributed by atoms with Crippen molar-refractivity contribution in [2.24, 2.45) is 0 Å². The lowest BCUT2D eigenvalue weighted by Gasteiger charge is -2.10. The molecule has 0 aliphatic rings. The Morgan fingerprint density at radius 3 is 2.61 bits per heavy atom. The van der Waals surface area contributed by atoms with Gasteiger partial charge in [0.15, 0.2) is 5.82 Å². The molecular weight excluding hydrogens is 276 g/mol. The van der Waals surface area contributed by atoms with E-state index in [0.717, 1.165) is 13.0 Å². The normalized spacial score (nSPS) is 10.7. The molecule has 6 heteroatoms. The molecule has 3 nitrogen and oxygen atoms in total. The number of rotatable bonds is 4. The Morgan fingerprint density at radius 1 is 1.33 bits per heavy atom. The standard InChI is InChI=1S/C12H12Cl2FN3/c1-2-4-18-5-3-16-12(18)17-8-6-9(13)11(15)10(14)7-8/h3,5-7H,2,4H2,1H3,(H,16,17). The van der Waals surface area contributed by atoms with Crippen LogP contribution in [0.25, 0.3) is 0 Å². The van der Waals surface area contributed by atoms with Crippen molar-refractivity contribution in [1.82, 2.24) is 9.55 Å². The van der Waals surface area contributed by atoms with Crippen LogP contribution in [0.5, 0.6) is 0 Å². The molecule has 0 amide bonds. The molecule has 1 aromatic carbocycles. The summed E-state index contributed by atoms with van der Waals surface area (Å²) in [5, 5.41) is 3.03. The zero-order valence-corrected chi connectivity index (χ0v) is 11.3. The van der Waals surface area contributed by atoms with Crippen molar-refractivity contribution in [2.75, 3.05) is 5.32 Å². The van der Waals surface area contributed by atoms with Gasteiger partial charge in [-0.2, -0.15) is 0 Å². The fourth-order valence-electron chi connectivity index (χ4n) is 1.61. The van der Waals surface area contributed by atoms with E-state index in [9.17, 15) is 4.39 Å². The van der Waals surface area contributed by atoms with E-state index < -0.39 is 5.82 Å². The van der Waals surface area contributed by atoms with Crippen LogP contribution >= 0.6 is 23.2 Å². The first-order valence-electron chi connectivity index (χ1n) is 5.54. The Morgan fingerprint density at radius 2 is 2.00 bits per heavy atom. The molecule has 0 aliphatic heterocycles. The third-order valence-electron chi connectivity index (χ3n) is 2.42. The Kier molecular flexibility index (Phi) is 4.09. The van der Waals surface area contributed by atoms with Crippen LogP contribution < -0.4 is 5.32 Å². The molecule has 0 spiro atoms. The van der Waals surface area contributed by atoms with Gasteiger partial charge in [0.05, 0.1) is 10.0 Å². The Hall–Kier alpha value is -1.26. The van der Waals surface area contributed by atoms with Gasteiger partial charge >= 0.3 is 0 Å². The lowest BCUT2D eigenvalue weighted by atomic mass is 10.3. The molecule has 0 saturated carbocycles. The van der Waals surface area contributed by atoms with E-state index in [2.05, 4.69) is 17.2 Å². The summed E-state index contributed by atoms with van der Waals surface area (Å²) in [4.78, 5) is 4.18. The number of hydrogen-bond donors (Lipinski definition) is 1. The summed E-state index contributed by atoms with van der Waals surface area (Å²) < 4.78 is 15.2. The van der Waals surface area contributed by atoms with E-state index in [1.165, 1.54) is 12.1 Å². The molecule has 0 radical (unpaired) electrons. The van der Waals surface area contributed by atoms with E-state index in [-0.39, 0.29) is 10.0 Å². The maximum absolute atomic E-state index is 13.3. The second kappa shape index (κ2) is 5.59. The van der Waals surface area contributed by atoms with Gasteiger partial charge in [0, 0.05) is 24.6 Å². The van der Waals surface area contributed by atoms with Gasteiger partial charge < -0.3 is 9.88 Å². The van der Waals surface area contributed by atoms with Crippen molar-refractivity contribution in [3.05, 3.63) is 40.4 Å². The number of anilines is 2. The van der Waals surface area contributed by atoms with Crippen molar-refractivity contribution < 1.29 is 4.39 Å². The first-order valence-corrected chi connectivity index (χ1v) is 6.30. The van der Waals surface area contributed by atoms with Crippen LogP contribution in [0, 0.1) is 5.82 Å². The number of benzene rings is 1. The Labute approximate surface area is 115 Å². The minimum atomic E-state index is -0.610. The molecule has 0 unspecified atom stereocenters. The monoisotopic (exact) mass is 287 g/mol. The third kappa shape index (κ3) is 2.76. The highest BCUT2D eigenvalue weighted by Gasteiger charge is 2.09. The van der Waals surface area contributed by atoms with Crippen molar-refractivity contribution in [1.29, 1.82) is 0 Å². The average molecular weight is 288 g/mol. The summed E-state index contributed by atoms with van der Waals surface area (Å²) in [5.74, 6) is 0.0661. The highest BCUT2D eigenvalue weighted by atomic mass is 35.5. The number of hydrogen-bond acceptors (Lipinski definition) is 2. The zero-order valence-electron chi connectivity index (χ0n) is 9.75. The zero-order chi connectivity index (χ0) is 13.1. The van der Waals surface area contributed by atoms with E-state index >= 15 is 0 Å². The van der Waals surface area contributed by atoms with E-state index in [0.29, 0.717) is 11.6 Å². The Balaban J connectivity index is 2.26. The highest BCUT2D eigenvalue weighted by molar-refractivity contribution is 6.35. The molecule has 0 saturated heterocycles. The highest BCUT2D eigenvalue weighted by Crippen LogP contribution is 2.28. The van der Waals surface area contributed by atoms with E-state index in [1.807, 2.05) is 10.8 Å². The molecule has 0 fully saturated rings. The summed E-state index contributed by atoms with van der Waals surface area (Å²) in [6, 6.07) is 2.96. The first-order chi connectivity index (χ1) is 8.61. The molecule has 1 N–H and O–H groups in total. The van der Waals surface area contributed by atoms with Gasteiger partial charge in [-0.25, -0.2) is 9.37 Å². The minimum absolute atomic E-state index is 0.0152. The third-order valence-corrected chi connectivity index (χ3v) is 2.97. The molecule has 2 rings (SSSR count).